The van der Waals surface area contributed by atoms with Crippen molar-refractivity contribution >= 4 is 40.8 Å². The first-order chi connectivity index (χ1) is 12.9. The summed E-state index contributed by atoms with van der Waals surface area (Å²) in [6.07, 6.45) is 1.00. The molecule has 1 heterocycles. The fraction of sp³-hybridized carbons (Fsp3) is 0.529. The van der Waals surface area contributed by atoms with Crippen LogP contribution in [0.2, 0.25) is 0 Å². The quantitative estimate of drug-likeness (QED) is 0.203. The first-order valence-corrected chi connectivity index (χ1v) is 11.2. The summed E-state index contributed by atoms with van der Waals surface area (Å²) >= 11 is 3.23. The van der Waals surface area contributed by atoms with Gasteiger partial charge in [-0.1, -0.05) is 15.9 Å². The molecule has 0 aliphatic carbocycles. The number of furan rings is 1. The molecule has 0 aromatic carbocycles. The summed E-state index contributed by atoms with van der Waals surface area (Å²) in [5.41, 5.74) is 0.151. The highest BCUT2D eigenvalue weighted by atomic mass is 79.9. The fourth-order valence-electron chi connectivity index (χ4n) is 2.13. The van der Waals surface area contributed by atoms with E-state index in [-0.39, 0.29) is 54.2 Å². The van der Waals surface area contributed by atoms with Gasteiger partial charge in [-0.2, -0.15) is 0 Å². The molecule has 0 saturated heterocycles. The van der Waals surface area contributed by atoms with Gasteiger partial charge in [-0.3, -0.25) is 4.57 Å². The largest absolute Gasteiger partial charge is 0.463 e. The van der Waals surface area contributed by atoms with Crippen molar-refractivity contribution in [1.82, 2.24) is 0 Å². The molecule has 0 atom stereocenters. The Kier molecular flexibility index (Phi) is 10.0. The van der Waals surface area contributed by atoms with Crippen LogP contribution in [0.5, 0.6) is 0 Å². The summed E-state index contributed by atoms with van der Waals surface area (Å²) in [5, 5.41) is 0.0869. The molecule has 0 radical (unpaired) electrons. The first kappa shape index (κ1) is 23.6. The van der Waals surface area contributed by atoms with Crippen LogP contribution in [-0.2, 0) is 33.2 Å². The minimum Gasteiger partial charge on any atom is -0.463 e. The smallest absolute Gasteiger partial charge is 0.365 e. The molecule has 0 unspecified atom stereocenters. The van der Waals surface area contributed by atoms with Gasteiger partial charge >= 0.3 is 19.5 Å². The standard InChI is InChI=1S/C17H24BrO8P/c1-5-22-16(19)10-15(27(21,24-7-3)25-8-4)13-9-12(14(11-18)26-13)17(20)23-6-2/h9-10H,5-8,11H2,1-4H3. The van der Waals surface area contributed by atoms with Crippen LogP contribution in [0.1, 0.15) is 49.6 Å². The van der Waals surface area contributed by atoms with Crippen molar-refractivity contribution < 1.29 is 37.1 Å². The van der Waals surface area contributed by atoms with E-state index < -0.39 is 19.5 Å². The minimum absolute atomic E-state index is 0.00536. The second kappa shape index (κ2) is 11.4. The molecule has 0 aliphatic heterocycles. The van der Waals surface area contributed by atoms with Crippen molar-refractivity contribution in [3.8, 4) is 0 Å². The molecule has 152 valence electrons. The van der Waals surface area contributed by atoms with Crippen LogP contribution in [0.4, 0.5) is 0 Å². The van der Waals surface area contributed by atoms with Crippen LogP contribution in [0.3, 0.4) is 0 Å². The van der Waals surface area contributed by atoms with Crippen molar-refractivity contribution in [2.24, 2.45) is 0 Å². The maximum Gasteiger partial charge on any atom is 0.365 e. The molecule has 0 amide bonds. The molecular formula is C17H24BrO8P. The molecule has 27 heavy (non-hydrogen) atoms. The Hall–Kier alpha value is -1.41. The number of halogens is 1. The van der Waals surface area contributed by atoms with Gasteiger partial charge in [-0.25, -0.2) is 9.59 Å². The lowest BCUT2D eigenvalue weighted by Crippen LogP contribution is -2.05. The zero-order valence-electron chi connectivity index (χ0n) is 15.8. The third-order valence-electron chi connectivity index (χ3n) is 3.11. The van der Waals surface area contributed by atoms with Crippen molar-refractivity contribution in [3.63, 3.8) is 0 Å². The van der Waals surface area contributed by atoms with Crippen molar-refractivity contribution in [1.29, 1.82) is 0 Å². The maximum absolute atomic E-state index is 13.2. The lowest BCUT2D eigenvalue weighted by Gasteiger charge is -2.18. The Balaban J connectivity index is 3.53. The summed E-state index contributed by atoms with van der Waals surface area (Å²) < 4.78 is 39.5. The van der Waals surface area contributed by atoms with Crippen LogP contribution in [-0.4, -0.2) is 38.4 Å². The average Bonchev–Trinajstić information content (AvgIpc) is 3.04. The third-order valence-corrected chi connectivity index (χ3v) is 5.76. The average molecular weight is 467 g/mol. The van der Waals surface area contributed by atoms with E-state index in [9.17, 15) is 14.2 Å². The van der Waals surface area contributed by atoms with Gasteiger partial charge in [0.15, 0.2) is 0 Å². The second-order valence-corrected chi connectivity index (χ2v) is 7.47. The second-order valence-electron chi connectivity index (χ2n) is 4.92. The lowest BCUT2D eigenvalue weighted by atomic mass is 10.2. The number of rotatable bonds is 11. The molecule has 0 aliphatic rings. The van der Waals surface area contributed by atoms with Crippen LogP contribution in [0, 0.1) is 0 Å². The highest BCUT2D eigenvalue weighted by Gasteiger charge is 2.35. The molecule has 1 aromatic heterocycles. The Morgan fingerprint density at radius 3 is 2.15 bits per heavy atom. The van der Waals surface area contributed by atoms with Crippen molar-refractivity contribution in [2.75, 3.05) is 26.4 Å². The van der Waals surface area contributed by atoms with E-state index >= 15 is 0 Å². The summed E-state index contributed by atoms with van der Waals surface area (Å²) in [6.45, 7) is 7.08. The van der Waals surface area contributed by atoms with Gasteiger partial charge in [0.05, 0.1) is 31.8 Å². The number of hydrogen-bond acceptors (Lipinski definition) is 8. The van der Waals surface area contributed by atoms with Crippen molar-refractivity contribution in [3.05, 3.63) is 29.2 Å². The number of alkyl halides is 1. The highest BCUT2D eigenvalue weighted by Crippen LogP contribution is 2.60. The van der Waals surface area contributed by atoms with E-state index in [1.165, 1.54) is 6.07 Å². The number of ether oxygens (including phenoxy) is 2. The first-order valence-electron chi connectivity index (χ1n) is 8.50. The molecule has 0 spiro atoms. The SMILES string of the molecule is CCOC(=O)C=C(c1cc(C(=O)OCC)c(CBr)o1)P(=O)(OCC)OCC. The molecule has 0 N–H and O–H groups in total. The van der Waals surface area contributed by atoms with Gasteiger partial charge in [0, 0.05) is 6.08 Å². The number of carbonyl (C=O) groups excluding carboxylic acids is 2. The zero-order chi connectivity index (χ0) is 20.4. The lowest BCUT2D eigenvalue weighted by molar-refractivity contribution is -0.137. The third kappa shape index (κ3) is 6.31. The zero-order valence-corrected chi connectivity index (χ0v) is 18.3. The van der Waals surface area contributed by atoms with E-state index in [4.69, 9.17) is 22.9 Å². The molecule has 0 bridgehead atoms. The van der Waals surface area contributed by atoms with Gasteiger partial charge in [0.2, 0.25) is 0 Å². The molecule has 1 rings (SSSR count). The normalized spacial score (nSPS) is 12.1. The minimum atomic E-state index is -3.89. The monoisotopic (exact) mass is 466 g/mol. The predicted molar refractivity (Wildman–Crippen MR) is 103 cm³/mol. The van der Waals surface area contributed by atoms with Gasteiger partial charge in [0.1, 0.15) is 22.4 Å². The molecule has 0 fully saturated rings. The van der Waals surface area contributed by atoms with Gasteiger partial charge in [0.25, 0.3) is 0 Å². The molecule has 0 saturated carbocycles. The summed E-state index contributed by atoms with van der Waals surface area (Å²) in [7, 11) is -3.89. The van der Waals surface area contributed by atoms with E-state index in [1.807, 2.05) is 0 Å². The highest BCUT2D eigenvalue weighted by molar-refractivity contribution is 9.08. The van der Waals surface area contributed by atoms with Gasteiger partial charge in [-0.15, -0.1) is 0 Å². The Labute approximate surface area is 166 Å². The van der Waals surface area contributed by atoms with Crippen LogP contribution in [0.15, 0.2) is 16.6 Å². The summed E-state index contributed by atoms with van der Waals surface area (Å²) in [6, 6.07) is 1.35. The summed E-state index contributed by atoms with van der Waals surface area (Å²) in [5.74, 6) is -1.06. The molecule has 8 nitrogen and oxygen atoms in total. The molecular weight excluding hydrogens is 443 g/mol. The van der Waals surface area contributed by atoms with E-state index in [1.54, 1.807) is 27.7 Å². The van der Waals surface area contributed by atoms with Crippen LogP contribution in [0.25, 0.3) is 5.31 Å². The fourth-order valence-corrected chi connectivity index (χ4v) is 4.23. The number of esters is 2. The van der Waals surface area contributed by atoms with E-state index in [0.29, 0.717) is 0 Å². The summed E-state index contributed by atoms with van der Waals surface area (Å²) in [4.78, 5) is 24.1. The predicted octanol–water partition coefficient (Wildman–Crippen LogP) is 4.52. The Morgan fingerprint density at radius 2 is 1.67 bits per heavy atom. The van der Waals surface area contributed by atoms with Crippen LogP contribution >= 0.6 is 23.5 Å². The van der Waals surface area contributed by atoms with Crippen molar-refractivity contribution in [2.45, 2.75) is 33.0 Å². The van der Waals surface area contributed by atoms with Crippen LogP contribution < -0.4 is 0 Å². The Bertz CT molecular complexity index is 715. The Morgan fingerprint density at radius 1 is 1.07 bits per heavy atom. The van der Waals surface area contributed by atoms with E-state index in [2.05, 4.69) is 15.9 Å². The van der Waals surface area contributed by atoms with E-state index in [0.717, 1.165) is 6.08 Å². The number of carbonyl (C=O) groups is 2. The molecule has 1 aromatic rings. The molecule has 10 heteroatoms. The number of hydrogen-bond donors (Lipinski definition) is 0. The van der Waals surface area contributed by atoms with Gasteiger partial charge in [-0.05, 0) is 33.8 Å². The van der Waals surface area contributed by atoms with Gasteiger partial charge < -0.3 is 22.9 Å². The topological polar surface area (TPSA) is 101 Å². The maximum atomic E-state index is 13.2.